The molecule has 0 radical (unpaired) electrons. The number of hydrogen-bond acceptors (Lipinski definition) is 4. The van der Waals surface area contributed by atoms with E-state index in [-0.39, 0.29) is 0 Å². The Morgan fingerprint density at radius 3 is 2.62 bits per heavy atom. The van der Waals surface area contributed by atoms with E-state index in [0.717, 1.165) is 17.3 Å². The Morgan fingerprint density at radius 2 is 2.06 bits per heavy atom. The first kappa shape index (κ1) is 12.5. The molecule has 4 heteroatoms. The molecular weight excluding hydrogens is 224 g/mol. The minimum atomic E-state index is -0.406. The molecule has 0 saturated heterocycles. The highest BCUT2D eigenvalue weighted by molar-refractivity contribution is 7.99. The first-order valence-electron chi connectivity index (χ1n) is 4.73. The largest absolute Gasteiger partial charge is 0.462 e. The van der Waals surface area contributed by atoms with Crippen molar-refractivity contribution in [1.82, 2.24) is 0 Å². The Morgan fingerprint density at radius 1 is 1.38 bits per heavy atom. The molecule has 0 saturated carbocycles. The molecule has 0 aliphatic carbocycles. The van der Waals surface area contributed by atoms with Crippen LogP contribution >= 0.6 is 11.8 Å². The molecule has 0 unspecified atom stereocenters. The lowest BCUT2D eigenvalue weighted by Gasteiger charge is -2.02. The second-order valence-electron chi connectivity index (χ2n) is 2.91. The zero-order valence-corrected chi connectivity index (χ0v) is 9.53. The fourth-order valence-electron chi connectivity index (χ4n) is 1.00. The van der Waals surface area contributed by atoms with Crippen molar-refractivity contribution in [2.45, 2.75) is 4.90 Å². The van der Waals surface area contributed by atoms with Gasteiger partial charge in [0, 0.05) is 22.3 Å². The van der Waals surface area contributed by atoms with Gasteiger partial charge in [-0.1, -0.05) is 18.7 Å². The zero-order valence-electron chi connectivity index (χ0n) is 8.72. The maximum absolute atomic E-state index is 10.7. The lowest BCUT2D eigenvalue weighted by Crippen LogP contribution is -2.03. The number of ether oxygens (including phenoxy) is 1. The summed E-state index contributed by atoms with van der Waals surface area (Å²) in [6, 6.07) is 7.24. The summed E-state index contributed by atoms with van der Waals surface area (Å²) in [5.41, 5.74) is 0.655. The lowest BCUT2D eigenvalue weighted by molar-refractivity contribution is -0.137. The van der Waals surface area contributed by atoms with Crippen LogP contribution in [0.2, 0.25) is 0 Å². The SMILES string of the molecule is C=CC(=O)OCCSc1ccc(C=O)cc1. The van der Waals surface area contributed by atoms with Crippen LogP contribution in [0.4, 0.5) is 0 Å². The number of rotatable bonds is 6. The van der Waals surface area contributed by atoms with Crippen molar-refractivity contribution < 1.29 is 14.3 Å². The van der Waals surface area contributed by atoms with Gasteiger partial charge in [-0.3, -0.25) is 4.79 Å². The molecule has 0 aliphatic heterocycles. The number of thioether (sulfide) groups is 1. The minimum absolute atomic E-state index is 0.352. The maximum Gasteiger partial charge on any atom is 0.330 e. The smallest absolute Gasteiger partial charge is 0.330 e. The Labute approximate surface area is 98.5 Å². The number of esters is 1. The average Bonchev–Trinajstić information content (AvgIpc) is 2.35. The molecule has 0 atom stereocenters. The van der Waals surface area contributed by atoms with E-state index in [4.69, 9.17) is 4.74 Å². The molecule has 1 aromatic rings. The second-order valence-corrected chi connectivity index (χ2v) is 4.08. The van der Waals surface area contributed by atoms with Crippen LogP contribution in [-0.4, -0.2) is 24.6 Å². The normalized spacial score (nSPS) is 9.50. The van der Waals surface area contributed by atoms with E-state index in [1.54, 1.807) is 23.9 Å². The maximum atomic E-state index is 10.7. The van der Waals surface area contributed by atoms with E-state index in [1.807, 2.05) is 12.1 Å². The monoisotopic (exact) mass is 236 g/mol. The number of aldehydes is 1. The van der Waals surface area contributed by atoms with Gasteiger partial charge in [0.2, 0.25) is 0 Å². The summed E-state index contributed by atoms with van der Waals surface area (Å²) in [7, 11) is 0. The molecule has 16 heavy (non-hydrogen) atoms. The van der Waals surface area contributed by atoms with Crippen LogP contribution in [0.3, 0.4) is 0 Å². The fraction of sp³-hybridized carbons (Fsp3) is 0.167. The molecule has 0 aliphatic rings. The van der Waals surface area contributed by atoms with Crippen molar-refractivity contribution in [3.63, 3.8) is 0 Å². The van der Waals surface area contributed by atoms with Gasteiger partial charge in [-0.2, -0.15) is 0 Å². The summed E-state index contributed by atoms with van der Waals surface area (Å²) in [6.07, 6.45) is 1.95. The quantitative estimate of drug-likeness (QED) is 0.250. The van der Waals surface area contributed by atoms with Gasteiger partial charge in [0.25, 0.3) is 0 Å². The fourth-order valence-corrected chi connectivity index (χ4v) is 1.73. The summed E-state index contributed by atoms with van der Waals surface area (Å²) < 4.78 is 4.82. The molecule has 3 nitrogen and oxygen atoms in total. The molecule has 0 bridgehead atoms. The van der Waals surface area contributed by atoms with Gasteiger partial charge >= 0.3 is 5.97 Å². The number of hydrogen-bond donors (Lipinski definition) is 0. The number of carbonyl (C=O) groups excluding carboxylic acids is 2. The third-order valence-corrected chi connectivity index (χ3v) is 2.76. The molecule has 0 amide bonds. The van der Waals surface area contributed by atoms with Gasteiger partial charge in [0.15, 0.2) is 0 Å². The third-order valence-electron chi connectivity index (χ3n) is 1.78. The van der Waals surface area contributed by atoms with Gasteiger partial charge in [0.1, 0.15) is 12.9 Å². The van der Waals surface area contributed by atoms with Gasteiger partial charge in [-0.15, -0.1) is 11.8 Å². The Hall–Kier alpha value is -1.55. The zero-order chi connectivity index (χ0) is 11.8. The standard InChI is InChI=1S/C12H12O3S/c1-2-12(14)15-7-8-16-11-5-3-10(9-13)4-6-11/h2-6,9H,1,7-8H2. The van der Waals surface area contributed by atoms with Gasteiger partial charge < -0.3 is 4.74 Å². The van der Waals surface area contributed by atoms with Crippen molar-refractivity contribution >= 4 is 24.0 Å². The molecule has 1 aromatic carbocycles. The third kappa shape index (κ3) is 4.31. The van der Waals surface area contributed by atoms with Crippen LogP contribution in [-0.2, 0) is 9.53 Å². The van der Waals surface area contributed by atoms with E-state index in [2.05, 4.69) is 6.58 Å². The summed E-state index contributed by atoms with van der Waals surface area (Å²) in [5.74, 6) is 0.275. The second kappa shape index (κ2) is 6.85. The molecule has 0 spiro atoms. The van der Waals surface area contributed by atoms with Crippen LogP contribution in [0.15, 0.2) is 41.8 Å². The molecular formula is C12H12O3S. The van der Waals surface area contributed by atoms with Gasteiger partial charge in [-0.05, 0) is 12.1 Å². The minimum Gasteiger partial charge on any atom is -0.462 e. The van der Waals surface area contributed by atoms with E-state index in [9.17, 15) is 9.59 Å². The molecule has 0 fully saturated rings. The number of carbonyl (C=O) groups is 2. The van der Waals surface area contributed by atoms with Crippen molar-refractivity contribution in [3.8, 4) is 0 Å². The van der Waals surface area contributed by atoms with Crippen molar-refractivity contribution in [3.05, 3.63) is 42.5 Å². The highest BCUT2D eigenvalue weighted by atomic mass is 32.2. The first-order valence-corrected chi connectivity index (χ1v) is 5.72. The number of benzene rings is 1. The van der Waals surface area contributed by atoms with Crippen LogP contribution in [0, 0.1) is 0 Å². The highest BCUT2D eigenvalue weighted by Crippen LogP contribution is 2.17. The average molecular weight is 236 g/mol. The predicted molar refractivity (Wildman–Crippen MR) is 63.7 cm³/mol. The Kier molecular flexibility index (Phi) is 5.36. The first-order chi connectivity index (χ1) is 7.76. The van der Waals surface area contributed by atoms with Crippen molar-refractivity contribution in [1.29, 1.82) is 0 Å². The predicted octanol–water partition coefficient (Wildman–Crippen LogP) is 2.32. The Balaban J connectivity index is 2.29. The van der Waals surface area contributed by atoms with Gasteiger partial charge in [-0.25, -0.2) is 4.79 Å². The molecule has 0 heterocycles. The van der Waals surface area contributed by atoms with E-state index in [0.29, 0.717) is 17.9 Å². The molecule has 0 N–H and O–H groups in total. The van der Waals surface area contributed by atoms with E-state index >= 15 is 0 Å². The van der Waals surface area contributed by atoms with Crippen LogP contribution in [0.5, 0.6) is 0 Å². The summed E-state index contributed by atoms with van der Waals surface area (Å²) >= 11 is 1.56. The summed E-state index contributed by atoms with van der Waals surface area (Å²) in [5, 5.41) is 0. The van der Waals surface area contributed by atoms with E-state index in [1.165, 1.54) is 0 Å². The molecule has 84 valence electrons. The molecule has 0 aromatic heterocycles. The van der Waals surface area contributed by atoms with Crippen molar-refractivity contribution in [2.24, 2.45) is 0 Å². The van der Waals surface area contributed by atoms with Crippen LogP contribution in [0.25, 0.3) is 0 Å². The topological polar surface area (TPSA) is 43.4 Å². The van der Waals surface area contributed by atoms with Crippen LogP contribution < -0.4 is 0 Å². The highest BCUT2D eigenvalue weighted by Gasteiger charge is 1.97. The molecule has 1 rings (SSSR count). The lowest BCUT2D eigenvalue weighted by atomic mass is 10.2. The Bertz CT molecular complexity index is 370. The summed E-state index contributed by atoms with van der Waals surface area (Å²) in [6.45, 7) is 3.65. The van der Waals surface area contributed by atoms with E-state index < -0.39 is 5.97 Å². The summed E-state index contributed by atoms with van der Waals surface area (Å²) in [4.78, 5) is 22.2. The van der Waals surface area contributed by atoms with Gasteiger partial charge in [0.05, 0.1) is 0 Å². The van der Waals surface area contributed by atoms with Crippen LogP contribution in [0.1, 0.15) is 10.4 Å². The van der Waals surface area contributed by atoms with Crippen molar-refractivity contribution in [2.75, 3.05) is 12.4 Å².